The highest BCUT2D eigenvalue weighted by atomic mass is 35.5. The van der Waals surface area contributed by atoms with Crippen LogP contribution in [0.5, 0.6) is 11.5 Å². The van der Waals surface area contributed by atoms with E-state index < -0.39 is 8.07 Å². The van der Waals surface area contributed by atoms with E-state index in [1.807, 2.05) is 12.1 Å². The van der Waals surface area contributed by atoms with Gasteiger partial charge in [-0.3, -0.25) is 4.90 Å². The van der Waals surface area contributed by atoms with Gasteiger partial charge < -0.3 is 9.47 Å². The molecule has 0 unspecified atom stereocenters. The van der Waals surface area contributed by atoms with E-state index >= 15 is 0 Å². The van der Waals surface area contributed by atoms with Crippen LogP contribution in [0, 0.1) is 18.4 Å². The van der Waals surface area contributed by atoms with Crippen molar-refractivity contribution in [2.24, 2.45) is 0 Å². The Labute approximate surface area is 192 Å². The van der Waals surface area contributed by atoms with Crippen LogP contribution in [-0.4, -0.2) is 39.3 Å². The van der Waals surface area contributed by atoms with Gasteiger partial charge in [0.15, 0.2) is 0 Å². The molecule has 31 heavy (non-hydrogen) atoms. The number of benzene rings is 2. The monoisotopic (exact) mass is 453 g/mol. The average Bonchev–Trinajstić information content (AvgIpc) is 2.90. The summed E-state index contributed by atoms with van der Waals surface area (Å²) >= 11 is 6.99. The van der Waals surface area contributed by atoms with Crippen molar-refractivity contribution < 1.29 is 9.47 Å². The van der Waals surface area contributed by atoms with Crippen LogP contribution >= 0.6 is 11.6 Å². The molecule has 0 bridgehead atoms. The van der Waals surface area contributed by atoms with Gasteiger partial charge in [0, 0.05) is 29.3 Å². The number of hydrogen-bond donors (Lipinski definition) is 0. The largest absolute Gasteiger partial charge is 0.496 e. The van der Waals surface area contributed by atoms with Gasteiger partial charge in [-0.25, -0.2) is 0 Å². The third-order valence-electron chi connectivity index (χ3n) is 6.12. The van der Waals surface area contributed by atoms with Crippen LogP contribution in [0.25, 0.3) is 11.1 Å². The minimum Gasteiger partial charge on any atom is -0.496 e. The SMILES string of the molecule is COc1cccc(C)c1-c1c(Cl)cc2c(c1C#C[Si](C)(C)C)OC[C@H]1CCCCN1C2. The molecule has 164 valence electrons. The molecular formula is C26H32ClNO2Si. The molecule has 4 rings (SSSR count). The molecule has 0 saturated carbocycles. The van der Waals surface area contributed by atoms with E-state index in [4.69, 9.17) is 21.1 Å². The standard InChI is InChI=1S/C26H32ClNO2Si/c1-18-9-8-11-23(29-2)24(18)25-21(12-14-31(3,4)5)26-19(15-22(25)27)16-28-13-7-6-10-20(28)17-30-26/h8-9,11,15,20H,6-7,10,13,16-17H2,1-5H3/t20-/m1/s1. The van der Waals surface area contributed by atoms with E-state index in [-0.39, 0.29) is 0 Å². The molecule has 1 fully saturated rings. The smallest absolute Gasteiger partial charge is 0.140 e. The zero-order valence-electron chi connectivity index (χ0n) is 19.3. The van der Waals surface area contributed by atoms with Crippen molar-refractivity contribution in [3.05, 3.63) is 46.0 Å². The second-order valence-corrected chi connectivity index (χ2v) is 14.8. The third kappa shape index (κ3) is 4.65. The Hall–Kier alpha value is -1.93. The summed E-state index contributed by atoms with van der Waals surface area (Å²) < 4.78 is 12.3. The summed E-state index contributed by atoms with van der Waals surface area (Å²) in [5.41, 5.74) is 8.67. The van der Waals surface area contributed by atoms with Crippen molar-refractivity contribution in [2.75, 3.05) is 20.3 Å². The first-order valence-electron chi connectivity index (χ1n) is 11.2. The molecule has 2 aromatic carbocycles. The number of methoxy groups -OCH3 is 1. The number of fused-ring (bicyclic) bond motifs is 2. The molecule has 1 atom stereocenters. The Balaban J connectivity index is 1.97. The van der Waals surface area contributed by atoms with E-state index in [1.54, 1.807) is 7.11 Å². The summed E-state index contributed by atoms with van der Waals surface area (Å²) in [6.45, 7) is 11.6. The van der Waals surface area contributed by atoms with Gasteiger partial charge in [-0.2, -0.15) is 0 Å². The molecule has 1 saturated heterocycles. The lowest BCUT2D eigenvalue weighted by Gasteiger charge is -2.33. The Morgan fingerprint density at radius 2 is 2.00 bits per heavy atom. The molecular weight excluding hydrogens is 422 g/mol. The molecule has 0 aliphatic carbocycles. The number of hydrogen-bond acceptors (Lipinski definition) is 3. The zero-order valence-corrected chi connectivity index (χ0v) is 21.0. The lowest BCUT2D eigenvalue weighted by Crippen LogP contribution is -2.40. The van der Waals surface area contributed by atoms with Crippen molar-refractivity contribution >= 4 is 19.7 Å². The fourth-order valence-electron chi connectivity index (χ4n) is 4.57. The summed E-state index contributed by atoms with van der Waals surface area (Å²) in [6, 6.07) is 8.65. The third-order valence-corrected chi connectivity index (χ3v) is 7.29. The maximum atomic E-state index is 6.99. The van der Waals surface area contributed by atoms with Crippen molar-refractivity contribution in [2.45, 2.75) is 58.4 Å². The molecule has 0 aromatic heterocycles. The molecule has 2 aliphatic rings. The highest BCUT2D eigenvalue weighted by molar-refractivity contribution is 6.83. The number of rotatable bonds is 2. The van der Waals surface area contributed by atoms with Crippen LogP contribution in [0.15, 0.2) is 24.3 Å². The van der Waals surface area contributed by atoms with E-state index in [9.17, 15) is 0 Å². The molecule has 3 nitrogen and oxygen atoms in total. The molecule has 0 radical (unpaired) electrons. The molecule has 2 aliphatic heterocycles. The molecule has 5 heteroatoms. The second-order valence-electron chi connectivity index (χ2n) is 9.68. The minimum absolute atomic E-state index is 0.467. The summed E-state index contributed by atoms with van der Waals surface area (Å²) in [6.07, 6.45) is 3.71. The molecule has 2 aromatic rings. The number of ether oxygens (including phenoxy) is 2. The quantitative estimate of drug-likeness (QED) is 0.393. The highest BCUT2D eigenvalue weighted by Gasteiger charge is 2.30. The van der Waals surface area contributed by atoms with E-state index in [0.717, 1.165) is 52.4 Å². The fourth-order valence-corrected chi connectivity index (χ4v) is 5.39. The summed E-state index contributed by atoms with van der Waals surface area (Å²) in [5, 5.41) is 0.713. The first-order chi connectivity index (χ1) is 14.8. The van der Waals surface area contributed by atoms with Gasteiger partial charge in [0.1, 0.15) is 26.2 Å². The van der Waals surface area contributed by atoms with Crippen molar-refractivity contribution in [1.29, 1.82) is 0 Å². The molecule has 0 N–H and O–H groups in total. The van der Waals surface area contributed by atoms with E-state index in [2.05, 4.69) is 55.1 Å². The number of halogens is 1. The van der Waals surface area contributed by atoms with Crippen LogP contribution < -0.4 is 9.47 Å². The van der Waals surface area contributed by atoms with Crippen LogP contribution in [0.4, 0.5) is 0 Å². The van der Waals surface area contributed by atoms with Gasteiger partial charge in [0.2, 0.25) is 0 Å². The van der Waals surface area contributed by atoms with Crippen LogP contribution in [-0.2, 0) is 6.54 Å². The number of aryl methyl sites for hydroxylation is 1. The van der Waals surface area contributed by atoms with E-state index in [1.165, 1.54) is 19.3 Å². The Morgan fingerprint density at radius 3 is 2.74 bits per heavy atom. The average molecular weight is 454 g/mol. The van der Waals surface area contributed by atoms with Crippen LogP contribution in [0.1, 0.15) is 36.0 Å². The maximum Gasteiger partial charge on any atom is 0.140 e. The summed E-state index contributed by atoms with van der Waals surface area (Å²) in [4.78, 5) is 2.55. The lowest BCUT2D eigenvalue weighted by atomic mass is 9.92. The topological polar surface area (TPSA) is 21.7 Å². The molecule has 0 amide bonds. The first kappa shape index (κ1) is 22.3. The fraction of sp³-hybridized carbons (Fsp3) is 0.462. The van der Waals surface area contributed by atoms with E-state index in [0.29, 0.717) is 17.7 Å². The van der Waals surface area contributed by atoms with Gasteiger partial charge in [-0.05, 0) is 44.0 Å². The molecule has 2 heterocycles. The Morgan fingerprint density at radius 1 is 1.19 bits per heavy atom. The van der Waals surface area contributed by atoms with Crippen molar-refractivity contribution in [3.8, 4) is 34.1 Å². The van der Waals surface area contributed by atoms with Crippen LogP contribution in [0.2, 0.25) is 24.7 Å². The van der Waals surface area contributed by atoms with Gasteiger partial charge in [-0.15, -0.1) is 5.54 Å². The van der Waals surface area contributed by atoms with Gasteiger partial charge in [0.25, 0.3) is 0 Å². The summed E-state index contributed by atoms with van der Waals surface area (Å²) in [7, 11) is 0.0991. The predicted octanol–water partition coefficient (Wildman–Crippen LogP) is 6.30. The van der Waals surface area contributed by atoms with Crippen molar-refractivity contribution in [3.63, 3.8) is 0 Å². The Bertz CT molecular complexity index is 1050. The van der Waals surface area contributed by atoms with Gasteiger partial charge in [0.05, 0.1) is 17.7 Å². The van der Waals surface area contributed by atoms with Gasteiger partial charge >= 0.3 is 0 Å². The molecule has 0 spiro atoms. The van der Waals surface area contributed by atoms with Crippen LogP contribution in [0.3, 0.4) is 0 Å². The summed E-state index contributed by atoms with van der Waals surface area (Å²) in [5.74, 6) is 5.25. The minimum atomic E-state index is -1.61. The second kappa shape index (κ2) is 8.90. The lowest BCUT2D eigenvalue weighted by molar-refractivity contribution is 0.108. The normalized spacial score (nSPS) is 18.7. The maximum absolute atomic E-state index is 6.99. The number of piperidine rings is 1. The van der Waals surface area contributed by atoms with Crippen molar-refractivity contribution in [1.82, 2.24) is 4.90 Å². The zero-order chi connectivity index (χ0) is 22.2. The first-order valence-corrected chi connectivity index (χ1v) is 15.1. The Kier molecular flexibility index (Phi) is 6.39. The predicted molar refractivity (Wildman–Crippen MR) is 132 cm³/mol. The van der Waals surface area contributed by atoms with Gasteiger partial charge in [-0.1, -0.05) is 55.7 Å². The highest BCUT2D eigenvalue weighted by Crippen LogP contribution is 2.45. The number of nitrogens with zero attached hydrogens (tertiary/aromatic N) is 1.